The first-order chi connectivity index (χ1) is 15.2. The van der Waals surface area contributed by atoms with Crippen LogP contribution in [0, 0.1) is 5.82 Å². The molecule has 1 aliphatic rings. The van der Waals surface area contributed by atoms with Gasteiger partial charge in [0.15, 0.2) is 5.96 Å². The summed E-state index contributed by atoms with van der Waals surface area (Å²) in [7, 11) is 3.53. The Morgan fingerprint density at radius 3 is 2.29 bits per heavy atom. The van der Waals surface area contributed by atoms with Gasteiger partial charge in [-0.05, 0) is 61.2 Å². The first-order valence-electron chi connectivity index (χ1n) is 10.8. The molecule has 6 nitrogen and oxygen atoms in total. The lowest BCUT2D eigenvalue weighted by Gasteiger charge is -2.34. The number of nitrogens with one attached hydrogen (secondary N) is 1. The van der Waals surface area contributed by atoms with E-state index in [1.165, 1.54) is 12.1 Å². The number of nitrogens with zero attached hydrogens (tertiary/aromatic N) is 2. The van der Waals surface area contributed by atoms with Crippen molar-refractivity contribution in [2.24, 2.45) is 4.99 Å². The van der Waals surface area contributed by atoms with Crippen molar-refractivity contribution in [3.63, 3.8) is 0 Å². The number of likely N-dealkylation sites (tertiary alicyclic amines) is 1. The third kappa shape index (κ3) is 7.52. The number of hydrogen-bond acceptors (Lipinski definition) is 4. The minimum atomic E-state index is -0.277. The van der Waals surface area contributed by atoms with Crippen molar-refractivity contribution in [1.29, 1.82) is 0 Å². The average molecular weight is 430 g/mol. The predicted molar refractivity (Wildman–Crippen MR) is 120 cm³/mol. The molecule has 0 radical (unpaired) electrons. The zero-order chi connectivity index (χ0) is 21.9. The lowest BCUT2D eigenvalue weighted by Crippen LogP contribution is -2.46. The number of guanidine groups is 1. The van der Waals surface area contributed by atoms with Crippen LogP contribution >= 0.6 is 0 Å². The minimum Gasteiger partial charge on any atom is -0.457 e. The van der Waals surface area contributed by atoms with Gasteiger partial charge in [0.25, 0.3) is 0 Å². The van der Waals surface area contributed by atoms with Crippen molar-refractivity contribution < 1.29 is 18.6 Å². The molecule has 0 atom stereocenters. The van der Waals surface area contributed by atoms with Crippen LogP contribution in [-0.2, 0) is 16.0 Å². The molecule has 3 rings (SSSR count). The molecule has 0 saturated carbocycles. The summed E-state index contributed by atoms with van der Waals surface area (Å²) in [4.78, 5) is 6.72. The van der Waals surface area contributed by atoms with Crippen LogP contribution in [0.2, 0.25) is 0 Å². The molecule has 1 saturated heterocycles. The van der Waals surface area contributed by atoms with E-state index < -0.39 is 0 Å². The smallest absolute Gasteiger partial charge is 0.193 e. The van der Waals surface area contributed by atoms with E-state index in [2.05, 4.69) is 15.2 Å². The molecule has 0 amide bonds. The predicted octanol–water partition coefficient (Wildman–Crippen LogP) is 4.21. The Labute approximate surface area is 184 Å². The molecule has 1 aliphatic heterocycles. The molecular formula is C24H32FN3O3. The van der Waals surface area contributed by atoms with Crippen molar-refractivity contribution in [1.82, 2.24) is 10.2 Å². The van der Waals surface area contributed by atoms with Crippen LogP contribution in [0.3, 0.4) is 0 Å². The summed E-state index contributed by atoms with van der Waals surface area (Å²) in [5.41, 5.74) is 1.13. The number of aliphatic imine (C=N–C) groups is 1. The van der Waals surface area contributed by atoms with Gasteiger partial charge in [-0.15, -0.1) is 0 Å². The molecule has 0 aliphatic carbocycles. The van der Waals surface area contributed by atoms with E-state index in [1.807, 2.05) is 31.3 Å². The fourth-order valence-corrected chi connectivity index (χ4v) is 3.51. The summed E-state index contributed by atoms with van der Waals surface area (Å²) in [5.74, 6) is 1.96. The molecule has 31 heavy (non-hydrogen) atoms. The Kier molecular flexibility index (Phi) is 9.12. The maximum Gasteiger partial charge on any atom is 0.193 e. The normalized spacial score (nSPS) is 15.2. The minimum absolute atomic E-state index is 0.277. The largest absolute Gasteiger partial charge is 0.457 e. The molecular weight excluding hydrogens is 397 g/mol. The van der Waals surface area contributed by atoms with Gasteiger partial charge in [0.1, 0.15) is 17.3 Å². The quantitative estimate of drug-likeness (QED) is 0.368. The van der Waals surface area contributed by atoms with Crippen LogP contribution < -0.4 is 10.1 Å². The van der Waals surface area contributed by atoms with E-state index in [1.54, 1.807) is 19.2 Å². The summed E-state index contributed by atoms with van der Waals surface area (Å²) in [5, 5.41) is 3.44. The van der Waals surface area contributed by atoms with Crippen molar-refractivity contribution in [2.75, 3.05) is 40.5 Å². The van der Waals surface area contributed by atoms with Crippen LogP contribution in [0.25, 0.3) is 0 Å². The van der Waals surface area contributed by atoms with Gasteiger partial charge in [0, 0.05) is 47.0 Å². The van der Waals surface area contributed by atoms with Crippen molar-refractivity contribution in [3.8, 4) is 11.5 Å². The van der Waals surface area contributed by atoms with Gasteiger partial charge in [-0.1, -0.05) is 12.1 Å². The topological polar surface area (TPSA) is 55.3 Å². The number of benzene rings is 2. The van der Waals surface area contributed by atoms with Gasteiger partial charge < -0.3 is 24.4 Å². The van der Waals surface area contributed by atoms with Crippen molar-refractivity contribution in [3.05, 3.63) is 59.9 Å². The number of halogens is 1. The van der Waals surface area contributed by atoms with E-state index >= 15 is 0 Å². The lowest BCUT2D eigenvalue weighted by atomic mass is 10.1. The second-order valence-corrected chi connectivity index (χ2v) is 7.50. The SMILES string of the molecule is CN=C(NCc1ccc(Oc2ccc(F)cc2)cc1)N1CCC(OCCCOC)CC1. The molecule has 2 aromatic rings. The summed E-state index contributed by atoms with van der Waals surface area (Å²) < 4.78 is 29.7. The first kappa shape index (κ1) is 23.0. The molecule has 2 aromatic carbocycles. The maximum atomic E-state index is 13.0. The molecule has 0 aromatic heterocycles. The summed E-state index contributed by atoms with van der Waals surface area (Å²) in [6.07, 6.45) is 3.26. The van der Waals surface area contributed by atoms with Crippen LogP contribution in [0.15, 0.2) is 53.5 Å². The standard InChI is InChI=1S/C24H32FN3O3/c1-26-24(28-14-12-21(13-15-28)30-17-3-16-29-2)27-18-19-4-8-22(9-5-19)31-23-10-6-20(25)7-11-23/h4-11,21H,3,12-18H2,1-2H3,(H,26,27). The second-order valence-electron chi connectivity index (χ2n) is 7.50. The molecule has 0 spiro atoms. The highest BCUT2D eigenvalue weighted by Gasteiger charge is 2.21. The van der Waals surface area contributed by atoms with Crippen LogP contribution in [0.5, 0.6) is 11.5 Å². The number of piperidine rings is 1. The van der Waals surface area contributed by atoms with Gasteiger partial charge in [0.05, 0.1) is 6.10 Å². The first-order valence-corrected chi connectivity index (χ1v) is 10.8. The molecule has 1 fully saturated rings. The highest BCUT2D eigenvalue weighted by atomic mass is 19.1. The highest BCUT2D eigenvalue weighted by molar-refractivity contribution is 5.80. The van der Waals surface area contributed by atoms with Crippen molar-refractivity contribution in [2.45, 2.75) is 31.9 Å². The second kappa shape index (κ2) is 12.3. The number of rotatable bonds is 9. The van der Waals surface area contributed by atoms with E-state index in [4.69, 9.17) is 14.2 Å². The summed E-state index contributed by atoms with van der Waals surface area (Å²) >= 11 is 0. The highest BCUT2D eigenvalue weighted by Crippen LogP contribution is 2.22. The molecule has 1 heterocycles. The Morgan fingerprint density at radius 1 is 1.03 bits per heavy atom. The zero-order valence-corrected chi connectivity index (χ0v) is 18.4. The number of ether oxygens (including phenoxy) is 3. The van der Waals surface area contributed by atoms with Crippen LogP contribution in [-0.4, -0.2) is 57.4 Å². The Hall–Kier alpha value is -2.64. The Morgan fingerprint density at radius 2 is 1.68 bits per heavy atom. The van der Waals surface area contributed by atoms with Crippen molar-refractivity contribution >= 4 is 5.96 Å². The number of hydrogen-bond donors (Lipinski definition) is 1. The van der Waals surface area contributed by atoms with E-state index in [9.17, 15) is 4.39 Å². The molecule has 0 unspecified atom stereocenters. The Balaban J connectivity index is 1.42. The van der Waals surface area contributed by atoms with Gasteiger partial charge in [-0.25, -0.2) is 4.39 Å². The Bertz CT molecular complexity index is 804. The number of methoxy groups -OCH3 is 1. The molecule has 1 N–H and O–H groups in total. The monoisotopic (exact) mass is 429 g/mol. The van der Waals surface area contributed by atoms with E-state index in [0.29, 0.717) is 24.1 Å². The van der Waals surface area contributed by atoms with Gasteiger partial charge in [-0.3, -0.25) is 4.99 Å². The van der Waals surface area contributed by atoms with Gasteiger partial charge >= 0.3 is 0 Å². The van der Waals surface area contributed by atoms with E-state index in [-0.39, 0.29) is 5.82 Å². The molecule has 0 bridgehead atoms. The summed E-state index contributed by atoms with van der Waals surface area (Å²) in [6, 6.07) is 13.8. The fraction of sp³-hybridized carbons (Fsp3) is 0.458. The van der Waals surface area contributed by atoms with Gasteiger partial charge in [0.2, 0.25) is 0 Å². The van der Waals surface area contributed by atoms with E-state index in [0.717, 1.165) is 57.1 Å². The third-order valence-electron chi connectivity index (χ3n) is 5.22. The molecule has 7 heteroatoms. The third-order valence-corrected chi connectivity index (χ3v) is 5.22. The maximum absolute atomic E-state index is 13.0. The zero-order valence-electron chi connectivity index (χ0n) is 18.4. The average Bonchev–Trinajstić information content (AvgIpc) is 2.80. The molecule has 168 valence electrons. The summed E-state index contributed by atoms with van der Waals surface area (Å²) in [6.45, 7) is 4.04. The lowest BCUT2D eigenvalue weighted by molar-refractivity contribution is 0.00989. The fourth-order valence-electron chi connectivity index (χ4n) is 3.51. The van der Waals surface area contributed by atoms with Gasteiger partial charge in [-0.2, -0.15) is 0 Å². The van der Waals surface area contributed by atoms with Crippen LogP contribution in [0.1, 0.15) is 24.8 Å². The van der Waals surface area contributed by atoms with Crippen LogP contribution in [0.4, 0.5) is 4.39 Å².